The first-order valence-electron chi connectivity index (χ1n) is 8.96. The van der Waals surface area contributed by atoms with Gasteiger partial charge in [-0.05, 0) is 36.2 Å². The van der Waals surface area contributed by atoms with Crippen LogP contribution in [-0.2, 0) is 19.6 Å². The summed E-state index contributed by atoms with van der Waals surface area (Å²) in [7, 11) is 0. The number of rotatable bonds is 8. The second-order valence-electron chi connectivity index (χ2n) is 6.24. The average Bonchev–Trinajstić information content (AvgIpc) is 3.20. The molecule has 3 rings (SSSR count). The van der Waals surface area contributed by atoms with Crippen LogP contribution in [0, 0.1) is 0 Å². The minimum absolute atomic E-state index is 0.204. The zero-order chi connectivity index (χ0) is 19.1. The summed E-state index contributed by atoms with van der Waals surface area (Å²) in [5, 5.41) is 4.27. The molecule has 0 spiro atoms. The Labute approximate surface area is 157 Å². The van der Waals surface area contributed by atoms with Gasteiger partial charge < -0.3 is 9.32 Å². The van der Waals surface area contributed by atoms with Crippen molar-refractivity contribution in [1.29, 1.82) is 0 Å². The van der Waals surface area contributed by atoms with Crippen molar-refractivity contribution in [3.05, 3.63) is 82.4 Å². The number of unbranched alkanes of at least 4 members (excludes halogenated alkanes) is 1. The number of furan rings is 1. The van der Waals surface area contributed by atoms with Crippen molar-refractivity contribution in [2.75, 3.05) is 0 Å². The van der Waals surface area contributed by atoms with Crippen LogP contribution in [0.25, 0.3) is 0 Å². The normalized spacial score (nSPS) is 10.7. The van der Waals surface area contributed by atoms with Gasteiger partial charge in [0.15, 0.2) is 0 Å². The summed E-state index contributed by atoms with van der Waals surface area (Å²) in [6.07, 6.45) is 6.75. The number of carbonyl (C=O) groups is 1. The second-order valence-corrected chi connectivity index (χ2v) is 6.24. The minimum atomic E-state index is -0.263. The van der Waals surface area contributed by atoms with E-state index in [1.165, 1.54) is 16.8 Å². The maximum atomic E-state index is 13.1. The third-order valence-electron chi connectivity index (χ3n) is 4.12. The number of amides is 1. The third kappa shape index (κ3) is 4.91. The molecule has 0 fully saturated rings. The Morgan fingerprint density at radius 3 is 2.78 bits per heavy atom. The lowest BCUT2D eigenvalue weighted by atomic mass is 10.2. The van der Waals surface area contributed by atoms with Crippen LogP contribution in [0.2, 0.25) is 0 Å². The smallest absolute Gasteiger partial charge is 0.275 e. The van der Waals surface area contributed by atoms with Crippen LogP contribution in [0.5, 0.6) is 0 Å². The first kappa shape index (κ1) is 18.6. The van der Waals surface area contributed by atoms with E-state index in [-0.39, 0.29) is 17.2 Å². The fraction of sp³-hybridized carbons (Fsp3) is 0.300. The molecule has 7 nitrogen and oxygen atoms in total. The van der Waals surface area contributed by atoms with Crippen molar-refractivity contribution >= 4 is 5.91 Å². The van der Waals surface area contributed by atoms with Crippen LogP contribution < -0.4 is 5.56 Å². The molecule has 27 heavy (non-hydrogen) atoms. The van der Waals surface area contributed by atoms with Gasteiger partial charge in [-0.3, -0.25) is 14.6 Å². The van der Waals surface area contributed by atoms with E-state index in [4.69, 9.17) is 4.42 Å². The molecule has 0 atom stereocenters. The van der Waals surface area contributed by atoms with Gasteiger partial charge in [-0.1, -0.05) is 19.4 Å². The zero-order valence-corrected chi connectivity index (χ0v) is 15.2. The Balaban J connectivity index is 1.86. The first-order valence-corrected chi connectivity index (χ1v) is 8.96. The Hall–Kier alpha value is -3.22. The van der Waals surface area contributed by atoms with Gasteiger partial charge in [0, 0.05) is 31.5 Å². The highest BCUT2D eigenvalue weighted by Gasteiger charge is 2.20. The SMILES string of the molecule is CCCCn1nc(C(=O)N(Cc2cccnc2)Cc2ccco2)ccc1=O. The fourth-order valence-corrected chi connectivity index (χ4v) is 2.70. The van der Waals surface area contributed by atoms with E-state index in [9.17, 15) is 9.59 Å². The maximum Gasteiger partial charge on any atom is 0.275 e. The Morgan fingerprint density at radius 1 is 1.19 bits per heavy atom. The molecule has 3 aromatic rings. The molecule has 0 aromatic carbocycles. The molecular weight excluding hydrogens is 344 g/mol. The monoisotopic (exact) mass is 366 g/mol. The second kappa shape index (κ2) is 8.93. The molecule has 140 valence electrons. The molecule has 3 aromatic heterocycles. The predicted molar refractivity (Wildman–Crippen MR) is 99.9 cm³/mol. The van der Waals surface area contributed by atoms with Gasteiger partial charge in [-0.25, -0.2) is 4.68 Å². The quantitative estimate of drug-likeness (QED) is 0.612. The Bertz CT molecular complexity index is 920. The molecule has 0 radical (unpaired) electrons. The molecule has 0 saturated carbocycles. The van der Waals surface area contributed by atoms with Gasteiger partial charge in [-0.15, -0.1) is 0 Å². The van der Waals surface area contributed by atoms with E-state index in [1.54, 1.807) is 29.6 Å². The number of hydrogen-bond donors (Lipinski definition) is 0. The summed E-state index contributed by atoms with van der Waals surface area (Å²) < 4.78 is 6.75. The zero-order valence-electron chi connectivity index (χ0n) is 15.2. The molecule has 0 saturated heterocycles. The van der Waals surface area contributed by atoms with Crippen LogP contribution in [-0.4, -0.2) is 25.6 Å². The molecular formula is C20H22N4O3. The maximum absolute atomic E-state index is 13.1. The van der Waals surface area contributed by atoms with Gasteiger partial charge in [-0.2, -0.15) is 5.10 Å². The largest absolute Gasteiger partial charge is 0.467 e. The highest BCUT2D eigenvalue weighted by Crippen LogP contribution is 2.13. The highest BCUT2D eigenvalue weighted by atomic mass is 16.3. The van der Waals surface area contributed by atoms with Crippen LogP contribution >= 0.6 is 0 Å². The van der Waals surface area contributed by atoms with Crippen molar-refractivity contribution < 1.29 is 9.21 Å². The molecule has 3 heterocycles. The number of pyridine rings is 1. The van der Waals surface area contributed by atoms with E-state index in [1.807, 2.05) is 25.1 Å². The number of aromatic nitrogens is 3. The van der Waals surface area contributed by atoms with Crippen molar-refractivity contribution in [3.63, 3.8) is 0 Å². The van der Waals surface area contributed by atoms with Crippen molar-refractivity contribution in [2.24, 2.45) is 0 Å². The first-order chi connectivity index (χ1) is 13.2. The Kier molecular flexibility index (Phi) is 6.14. The van der Waals surface area contributed by atoms with Gasteiger partial charge in [0.05, 0.1) is 12.8 Å². The summed E-state index contributed by atoms with van der Waals surface area (Å²) >= 11 is 0. The van der Waals surface area contributed by atoms with Crippen LogP contribution in [0.3, 0.4) is 0 Å². The van der Waals surface area contributed by atoms with E-state index < -0.39 is 0 Å². The number of aryl methyl sites for hydroxylation is 1. The average molecular weight is 366 g/mol. The van der Waals surface area contributed by atoms with Gasteiger partial charge in [0.2, 0.25) is 0 Å². The Morgan fingerprint density at radius 2 is 2.07 bits per heavy atom. The topological polar surface area (TPSA) is 81.2 Å². The lowest BCUT2D eigenvalue weighted by molar-refractivity contribution is 0.0708. The molecule has 0 N–H and O–H groups in total. The third-order valence-corrected chi connectivity index (χ3v) is 4.12. The van der Waals surface area contributed by atoms with E-state index in [0.29, 0.717) is 25.4 Å². The summed E-state index contributed by atoms with van der Waals surface area (Å²) in [5.74, 6) is 0.409. The van der Waals surface area contributed by atoms with Crippen LogP contribution in [0.1, 0.15) is 41.6 Å². The van der Waals surface area contributed by atoms with E-state index in [0.717, 1.165) is 18.4 Å². The molecule has 7 heteroatoms. The molecule has 0 aliphatic heterocycles. The summed E-state index contributed by atoms with van der Waals surface area (Å²) in [6, 6.07) is 10.2. The minimum Gasteiger partial charge on any atom is -0.467 e. The molecule has 0 bridgehead atoms. The van der Waals surface area contributed by atoms with Gasteiger partial charge >= 0.3 is 0 Å². The standard InChI is InChI=1S/C20H22N4O3/c1-2-3-11-24-19(25)9-8-18(22-24)20(26)23(15-17-7-5-12-27-17)14-16-6-4-10-21-13-16/h4-10,12-13H,2-3,11,14-15H2,1H3. The van der Waals surface area contributed by atoms with Crippen LogP contribution in [0.15, 0.2) is 64.3 Å². The van der Waals surface area contributed by atoms with Gasteiger partial charge in [0.25, 0.3) is 11.5 Å². The van der Waals surface area contributed by atoms with Crippen molar-refractivity contribution in [2.45, 2.75) is 39.4 Å². The highest BCUT2D eigenvalue weighted by molar-refractivity contribution is 5.92. The lowest BCUT2D eigenvalue weighted by Crippen LogP contribution is -2.33. The van der Waals surface area contributed by atoms with Crippen LogP contribution in [0.4, 0.5) is 0 Å². The van der Waals surface area contributed by atoms with E-state index in [2.05, 4.69) is 10.1 Å². The number of hydrogen-bond acceptors (Lipinski definition) is 5. The van der Waals surface area contributed by atoms with E-state index >= 15 is 0 Å². The molecule has 0 aliphatic carbocycles. The number of nitrogens with zero attached hydrogens (tertiary/aromatic N) is 4. The lowest BCUT2D eigenvalue weighted by Gasteiger charge is -2.21. The molecule has 0 aliphatic rings. The van der Waals surface area contributed by atoms with Crippen molar-refractivity contribution in [3.8, 4) is 0 Å². The van der Waals surface area contributed by atoms with Gasteiger partial charge in [0.1, 0.15) is 11.5 Å². The molecule has 1 amide bonds. The fourth-order valence-electron chi connectivity index (χ4n) is 2.70. The number of carbonyl (C=O) groups excluding carboxylic acids is 1. The molecule has 0 unspecified atom stereocenters. The summed E-state index contributed by atoms with van der Waals surface area (Å²) in [5.41, 5.74) is 0.933. The predicted octanol–water partition coefficient (Wildman–Crippen LogP) is 2.87. The van der Waals surface area contributed by atoms with Crippen molar-refractivity contribution in [1.82, 2.24) is 19.7 Å². The summed E-state index contributed by atoms with van der Waals surface area (Å²) in [6.45, 7) is 3.20. The summed E-state index contributed by atoms with van der Waals surface area (Å²) in [4.78, 5) is 30.8.